The van der Waals surface area contributed by atoms with Gasteiger partial charge in [0.15, 0.2) is 0 Å². The van der Waals surface area contributed by atoms with E-state index in [2.05, 4.69) is 4.98 Å². The molecule has 0 unspecified atom stereocenters. The zero-order chi connectivity index (χ0) is 14.0. The fraction of sp³-hybridized carbons (Fsp3) is 0.0769. The summed E-state index contributed by atoms with van der Waals surface area (Å²) in [6.45, 7) is 0. The van der Waals surface area contributed by atoms with Gasteiger partial charge in [0, 0.05) is 11.1 Å². The van der Waals surface area contributed by atoms with Crippen LogP contribution in [0.15, 0.2) is 42.5 Å². The second kappa shape index (κ2) is 4.72. The van der Waals surface area contributed by atoms with E-state index in [1.807, 2.05) is 0 Å². The van der Waals surface area contributed by atoms with Gasteiger partial charge in [0.25, 0.3) is 0 Å². The number of halogens is 3. The average molecular weight is 266 g/mol. The van der Waals surface area contributed by atoms with E-state index < -0.39 is 17.8 Å². The number of alkyl halides is 3. The van der Waals surface area contributed by atoms with E-state index in [0.29, 0.717) is 5.56 Å². The highest BCUT2D eigenvalue weighted by Gasteiger charge is 2.32. The van der Waals surface area contributed by atoms with Gasteiger partial charge >= 0.3 is 6.18 Å². The fourth-order valence-corrected chi connectivity index (χ4v) is 1.56. The smallest absolute Gasteiger partial charge is 0.366 e. The van der Waals surface area contributed by atoms with Crippen LogP contribution in [0.1, 0.15) is 16.1 Å². The molecule has 0 spiro atoms. The summed E-state index contributed by atoms with van der Waals surface area (Å²) in [4.78, 5) is 14.4. The molecule has 0 fully saturated rings. The lowest BCUT2D eigenvalue weighted by molar-refractivity contribution is -0.141. The van der Waals surface area contributed by atoms with Crippen LogP contribution in [0.25, 0.3) is 11.3 Å². The Kier molecular flexibility index (Phi) is 3.25. The van der Waals surface area contributed by atoms with Gasteiger partial charge in [-0.15, -0.1) is 0 Å². The second-order valence-corrected chi connectivity index (χ2v) is 3.85. The summed E-state index contributed by atoms with van der Waals surface area (Å²) in [5, 5.41) is 0. The zero-order valence-corrected chi connectivity index (χ0v) is 9.61. The van der Waals surface area contributed by atoms with Gasteiger partial charge in [0.2, 0.25) is 5.91 Å². The Morgan fingerprint density at radius 1 is 1.05 bits per heavy atom. The first-order valence-corrected chi connectivity index (χ1v) is 5.32. The second-order valence-electron chi connectivity index (χ2n) is 3.85. The number of carbonyl (C=O) groups excluding carboxylic acids is 1. The van der Waals surface area contributed by atoms with Gasteiger partial charge < -0.3 is 5.73 Å². The van der Waals surface area contributed by atoms with E-state index in [4.69, 9.17) is 5.73 Å². The Morgan fingerprint density at radius 3 is 2.21 bits per heavy atom. The maximum Gasteiger partial charge on any atom is 0.433 e. The summed E-state index contributed by atoms with van der Waals surface area (Å²) in [5.41, 5.74) is 5.08. The molecule has 2 N–H and O–H groups in total. The van der Waals surface area contributed by atoms with Crippen LogP contribution in [-0.4, -0.2) is 10.9 Å². The molecule has 0 aliphatic rings. The van der Waals surface area contributed by atoms with Crippen molar-refractivity contribution < 1.29 is 18.0 Å². The molecule has 0 atom stereocenters. The molecule has 0 bridgehead atoms. The number of nitrogens with two attached hydrogens (primary N) is 1. The van der Waals surface area contributed by atoms with Crippen LogP contribution in [0.2, 0.25) is 0 Å². The van der Waals surface area contributed by atoms with Crippen molar-refractivity contribution in [3.8, 4) is 11.3 Å². The molecule has 3 nitrogen and oxygen atoms in total. The minimum Gasteiger partial charge on any atom is -0.366 e. The lowest BCUT2D eigenvalue weighted by Crippen LogP contribution is -2.10. The first-order valence-electron chi connectivity index (χ1n) is 5.32. The van der Waals surface area contributed by atoms with Crippen molar-refractivity contribution in [2.24, 2.45) is 5.73 Å². The van der Waals surface area contributed by atoms with Crippen molar-refractivity contribution in [1.82, 2.24) is 4.98 Å². The van der Waals surface area contributed by atoms with Crippen LogP contribution in [0.5, 0.6) is 0 Å². The summed E-state index contributed by atoms with van der Waals surface area (Å²) >= 11 is 0. The number of hydrogen-bond donors (Lipinski definition) is 1. The van der Waals surface area contributed by atoms with Gasteiger partial charge in [0.05, 0.1) is 5.69 Å². The Bertz CT molecular complexity index is 606. The number of primary amides is 1. The van der Waals surface area contributed by atoms with Crippen molar-refractivity contribution in [2.75, 3.05) is 0 Å². The number of nitrogens with zero attached hydrogens (tertiary/aromatic N) is 1. The first-order chi connectivity index (χ1) is 8.88. The van der Waals surface area contributed by atoms with Crippen molar-refractivity contribution in [1.29, 1.82) is 0 Å². The Balaban J connectivity index is 2.39. The van der Waals surface area contributed by atoms with E-state index in [0.717, 1.165) is 6.07 Å². The largest absolute Gasteiger partial charge is 0.433 e. The average Bonchev–Trinajstić information content (AvgIpc) is 2.38. The van der Waals surface area contributed by atoms with E-state index in [1.54, 1.807) is 0 Å². The quantitative estimate of drug-likeness (QED) is 0.908. The molecule has 0 radical (unpaired) electrons. The standard InChI is InChI=1S/C13H9F3N2O/c14-13(15,16)11-3-1-2-10(18-11)8-4-6-9(7-5-8)12(17)19/h1-7H,(H2,17,19). The van der Waals surface area contributed by atoms with Crippen molar-refractivity contribution in [3.05, 3.63) is 53.7 Å². The van der Waals surface area contributed by atoms with Crippen LogP contribution in [0.4, 0.5) is 13.2 Å². The summed E-state index contributed by atoms with van der Waals surface area (Å²) in [6, 6.07) is 9.55. The van der Waals surface area contributed by atoms with Crippen LogP contribution in [0, 0.1) is 0 Å². The molecular weight excluding hydrogens is 257 g/mol. The first kappa shape index (κ1) is 13.1. The molecule has 19 heavy (non-hydrogen) atoms. The minimum atomic E-state index is -4.48. The maximum atomic E-state index is 12.5. The Morgan fingerprint density at radius 2 is 1.68 bits per heavy atom. The maximum absolute atomic E-state index is 12.5. The SMILES string of the molecule is NC(=O)c1ccc(-c2cccc(C(F)(F)F)n2)cc1. The summed E-state index contributed by atoms with van der Waals surface area (Å²) in [5.74, 6) is -0.594. The minimum absolute atomic E-state index is 0.186. The number of carbonyl (C=O) groups is 1. The molecule has 1 aromatic carbocycles. The van der Waals surface area contributed by atoms with Gasteiger partial charge in [-0.1, -0.05) is 18.2 Å². The van der Waals surface area contributed by atoms with Gasteiger partial charge in [0.1, 0.15) is 5.69 Å². The van der Waals surface area contributed by atoms with E-state index in [-0.39, 0.29) is 11.3 Å². The third-order valence-electron chi connectivity index (χ3n) is 2.50. The summed E-state index contributed by atoms with van der Waals surface area (Å²) in [6.07, 6.45) is -4.48. The fourth-order valence-electron chi connectivity index (χ4n) is 1.56. The third-order valence-corrected chi connectivity index (χ3v) is 2.50. The predicted octanol–water partition coefficient (Wildman–Crippen LogP) is 2.87. The summed E-state index contributed by atoms with van der Waals surface area (Å²) in [7, 11) is 0. The van der Waals surface area contributed by atoms with Crippen LogP contribution in [-0.2, 0) is 6.18 Å². The Labute approximate surface area is 106 Å². The van der Waals surface area contributed by atoms with Gasteiger partial charge in [-0.2, -0.15) is 13.2 Å². The van der Waals surface area contributed by atoms with Crippen molar-refractivity contribution in [2.45, 2.75) is 6.18 Å². The third kappa shape index (κ3) is 2.90. The molecule has 1 aromatic heterocycles. The Hall–Kier alpha value is -2.37. The van der Waals surface area contributed by atoms with Crippen molar-refractivity contribution >= 4 is 5.91 Å². The molecule has 1 heterocycles. The number of benzene rings is 1. The number of amides is 1. The number of hydrogen-bond acceptors (Lipinski definition) is 2. The number of aromatic nitrogens is 1. The lowest BCUT2D eigenvalue weighted by Gasteiger charge is -2.08. The molecule has 0 aliphatic heterocycles. The van der Waals surface area contributed by atoms with Gasteiger partial charge in [-0.3, -0.25) is 4.79 Å². The van der Waals surface area contributed by atoms with Crippen LogP contribution < -0.4 is 5.73 Å². The predicted molar refractivity (Wildman–Crippen MR) is 63.2 cm³/mol. The summed E-state index contributed by atoms with van der Waals surface area (Å²) < 4.78 is 37.6. The molecule has 2 rings (SSSR count). The highest BCUT2D eigenvalue weighted by atomic mass is 19.4. The normalized spacial score (nSPS) is 11.3. The highest BCUT2D eigenvalue weighted by molar-refractivity contribution is 5.93. The van der Waals surface area contributed by atoms with Crippen LogP contribution in [0.3, 0.4) is 0 Å². The number of rotatable bonds is 2. The van der Waals surface area contributed by atoms with Gasteiger partial charge in [-0.05, 0) is 24.3 Å². The molecular formula is C13H9F3N2O. The van der Waals surface area contributed by atoms with Crippen molar-refractivity contribution in [3.63, 3.8) is 0 Å². The highest BCUT2D eigenvalue weighted by Crippen LogP contribution is 2.29. The number of pyridine rings is 1. The van der Waals surface area contributed by atoms with E-state index in [9.17, 15) is 18.0 Å². The zero-order valence-electron chi connectivity index (χ0n) is 9.61. The lowest BCUT2D eigenvalue weighted by atomic mass is 10.1. The molecule has 6 heteroatoms. The molecule has 1 amide bonds. The monoisotopic (exact) mass is 266 g/mol. The van der Waals surface area contributed by atoms with Crippen LogP contribution >= 0.6 is 0 Å². The molecule has 98 valence electrons. The molecule has 0 saturated carbocycles. The molecule has 0 saturated heterocycles. The van der Waals surface area contributed by atoms with E-state index in [1.165, 1.54) is 36.4 Å². The molecule has 0 aliphatic carbocycles. The van der Waals surface area contributed by atoms with E-state index >= 15 is 0 Å². The topological polar surface area (TPSA) is 56.0 Å². The van der Waals surface area contributed by atoms with Gasteiger partial charge in [-0.25, -0.2) is 4.98 Å². The molecule has 2 aromatic rings.